The number of ether oxygens (including phenoxy) is 2. The highest BCUT2D eigenvalue weighted by Gasteiger charge is 2.48. The smallest absolute Gasteiger partial charge is 0.136 e. The maximum absolute atomic E-state index is 15.3. The van der Waals surface area contributed by atoms with Gasteiger partial charge in [0.1, 0.15) is 45.8 Å². The molecule has 13 aromatic carbocycles. The molecule has 0 fully saturated rings. The lowest BCUT2D eigenvalue weighted by atomic mass is 9.67. The molecule has 0 spiro atoms. The van der Waals surface area contributed by atoms with Gasteiger partial charge in [-0.05, 0) is 216 Å². The van der Waals surface area contributed by atoms with Crippen molar-refractivity contribution < 1.29 is 22.7 Å². The highest BCUT2D eigenvalue weighted by Crippen LogP contribution is 2.60. The van der Waals surface area contributed by atoms with Gasteiger partial charge >= 0.3 is 0 Å². The van der Waals surface area contributed by atoms with Crippen molar-refractivity contribution in [2.24, 2.45) is 0 Å². The van der Waals surface area contributed by atoms with E-state index in [-0.39, 0.29) is 11.6 Å². The normalized spacial score (nSPS) is 15.2. The molecular weight excluding hydrogens is 1110 g/mol. The number of rotatable bonds is 14. The molecule has 0 radical (unpaired) electrons. The van der Waals surface area contributed by atoms with E-state index in [1.54, 1.807) is 24.3 Å². The first kappa shape index (κ1) is 53.8. The van der Waals surface area contributed by atoms with Crippen LogP contribution in [0.5, 0.6) is 23.0 Å². The van der Waals surface area contributed by atoms with Crippen LogP contribution in [0.15, 0.2) is 315 Å². The zero-order chi connectivity index (χ0) is 60.5. The summed E-state index contributed by atoms with van der Waals surface area (Å²) in [4.78, 5) is 2.34. The maximum Gasteiger partial charge on any atom is 0.136 e. The van der Waals surface area contributed by atoms with E-state index in [9.17, 15) is 0 Å². The third-order valence-corrected chi connectivity index (χ3v) is 18.2. The van der Waals surface area contributed by atoms with E-state index in [0.717, 1.165) is 128 Å². The van der Waals surface area contributed by atoms with Gasteiger partial charge in [0.25, 0.3) is 0 Å². The van der Waals surface area contributed by atoms with E-state index < -0.39 is 10.8 Å². The zero-order valence-electron chi connectivity index (χ0n) is 48.8. The fourth-order valence-electron chi connectivity index (χ4n) is 14.1. The van der Waals surface area contributed by atoms with Crippen LogP contribution in [-0.4, -0.2) is 0 Å². The second kappa shape index (κ2) is 21.7. The minimum atomic E-state index is -0.910. The van der Waals surface area contributed by atoms with Crippen LogP contribution in [0.1, 0.15) is 55.6 Å². The molecule has 14 aromatic rings. The Labute approximate surface area is 520 Å². The molecule has 0 saturated carbocycles. The van der Waals surface area contributed by atoms with Crippen molar-refractivity contribution in [3.05, 3.63) is 378 Å². The van der Waals surface area contributed by atoms with Gasteiger partial charge in [0.05, 0.1) is 10.8 Å². The molecule has 1 heterocycles. The van der Waals surface area contributed by atoms with Crippen LogP contribution >= 0.6 is 0 Å². The lowest BCUT2D eigenvalue weighted by Crippen LogP contribution is -2.29. The number of fused-ring (bicyclic) bond motifs is 9. The van der Waals surface area contributed by atoms with E-state index in [1.807, 2.05) is 127 Å². The Kier molecular flexibility index (Phi) is 13.0. The van der Waals surface area contributed by atoms with Crippen molar-refractivity contribution in [1.29, 1.82) is 0 Å². The van der Waals surface area contributed by atoms with Crippen molar-refractivity contribution in [3.63, 3.8) is 0 Å². The van der Waals surface area contributed by atoms with Gasteiger partial charge in [-0.15, -0.1) is 0 Å². The Morgan fingerprint density at radius 2 is 0.700 bits per heavy atom. The van der Waals surface area contributed by atoms with E-state index in [2.05, 4.69) is 176 Å². The van der Waals surface area contributed by atoms with Crippen molar-refractivity contribution in [2.45, 2.75) is 10.8 Å². The number of furan rings is 1. The Morgan fingerprint density at radius 1 is 0.322 bits per heavy atom. The summed E-state index contributed by atoms with van der Waals surface area (Å²) >= 11 is 0. The minimum absolute atomic E-state index is 0.318. The van der Waals surface area contributed by atoms with Crippen molar-refractivity contribution >= 4 is 51.2 Å². The second-order valence-corrected chi connectivity index (χ2v) is 23.1. The predicted octanol–water partition coefficient (Wildman–Crippen LogP) is 22.6. The van der Waals surface area contributed by atoms with E-state index in [0.29, 0.717) is 23.0 Å². The highest BCUT2D eigenvalue weighted by atomic mass is 19.1. The fraction of sp³-hybridized carbons (Fsp3) is 0.0238. The molecule has 0 N–H and O–H groups in total. The number of hydrogen-bond acceptors (Lipinski definition) is 4. The molecule has 1 aromatic heterocycles. The number of anilines is 3. The molecule has 2 atom stereocenters. The Balaban J connectivity index is 0.893. The first-order valence-electron chi connectivity index (χ1n) is 30.1. The number of halogens is 2. The first-order chi connectivity index (χ1) is 44.3. The number of hydrogen-bond donors (Lipinski definition) is 0. The molecule has 2 aliphatic rings. The summed E-state index contributed by atoms with van der Waals surface area (Å²) in [6.07, 6.45) is 3.62. The quantitative estimate of drug-likeness (QED) is 0.109. The van der Waals surface area contributed by atoms with Crippen LogP contribution in [0.4, 0.5) is 25.8 Å². The van der Waals surface area contributed by atoms with Gasteiger partial charge < -0.3 is 18.8 Å². The van der Waals surface area contributed by atoms with Gasteiger partial charge in [0, 0.05) is 27.8 Å². The SMILES string of the molecule is C=Cc1ccc(Oc2ccc(C3(c4ccc(F)cc4)c4ccccc4-c4ccc(N(c5ccc(-c6ccc7c(c6)oc6ccccc67)cc5)c5ccc6c(c5)C(c5ccc(F)cc5)(c5ccc(Oc7ccc(C=C)cc7)cc5)c5ccccc5-6)cc43)cc2)cc1. The molecule has 4 nitrogen and oxygen atoms in total. The van der Waals surface area contributed by atoms with Crippen molar-refractivity contribution in [2.75, 3.05) is 4.90 Å². The van der Waals surface area contributed by atoms with Gasteiger partial charge in [0.2, 0.25) is 0 Å². The number of nitrogens with zero attached hydrogens (tertiary/aromatic N) is 1. The first-order valence-corrected chi connectivity index (χ1v) is 30.1. The van der Waals surface area contributed by atoms with Crippen LogP contribution in [0.3, 0.4) is 0 Å². The van der Waals surface area contributed by atoms with Crippen LogP contribution in [0, 0.1) is 11.6 Å². The van der Waals surface area contributed by atoms with Crippen LogP contribution in [-0.2, 0) is 10.8 Å². The summed E-state index contributed by atoms with van der Waals surface area (Å²) < 4.78 is 49.9. The second-order valence-electron chi connectivity index (χ2n) is 23.1. The molecule has 428 valence electrons. The molecule has 0 bridgehead atoms. The Morgan fingerprint density at radius 3 is 1.17 bits per heavy atom. The van der Waals surface area contributed by atoms with E-state index in [4.69, 9.17) is 13.9 Å². The lowest BCUT2D eigenvalue weighted by Gasteiger charge is -2.36. The Hall–Kier alpha value is -11.6. The topological polar surface area (TPSA) is 34.8 Å². The average molecular weight is 1160 g/mol. The highest BCUT2D eigenvalue weighted by molar-refractivity contribution is 6.06. The van der Waals surface area contributed by atoms with Crippen molar-refractivity contribution in [1.82, 2.24) is 0 Å². The molecule has 0 aliphatic heterocycles. The summed E-state index contributed by atoms with van der Waals surface area (Å²) in [5.41, 5.74) is 19.0. The lowest BCUT2D eigenvalue weighted by molar-refractivity contribution is 0.482. The molecule has 0 amide bonds. The third kappa shape index (κ3) is 8.78. The summed E-state index contributed by atoms with van der Waals surface area (Å²) in [5, 5.41) is 2.15. The predicted molar refractivity (Wildman–Crippen MR) is 362 cm³/mol. The molecule has 2 aliphatic carbocycles. The van der Waals surface area contributed by atoms with Gasteiger partial charge in [-0.2, -0.15) is 0 Å². The summed E-state index contributed by atoms with van der Waals surface area (Å²) in [6, 6.07) is 100. The summed E-state index contributed by atoms with van der Waals surface area (Å²) in [5.74, 6) is 2.15. The van der Waals surface area contributed by atoms with E-state index in [1.165, 1.54) is 0 Å². The Bertz CT molecular complexity index is 4850. The molecule has 16 rings (SSSR count). The largest absolute Gasteiger partial charge is 0.457 e. The van der Waals surface area contributed by atoms with Gasteiger partial charge in [-0.1, -0.05) is 195 Å². The van der Waals surface area contributed by atoms with Gasteiger partial charge in [-0.3, -0.25) is 0 Å². The van der Waals surface area contributed by atoms with Crippen LogP contribution < -0.4 is 14.4 Å². The van der Waals surface area contributed by atoms with Crippen LogP contribution in [0.2, 0.25) is 0 Å². The monoisotopic (exact) mass is 1160 g/mol. The van der Waals surface area contributed by atoms with Crippen molar-refractivity contribution in [3.8, 4) is 56.4 Å². The van der Waals surface area contributed by atoms with Gasteiger partial charge in [0.15, 0.2) is 0 Å². The minimum Gasteiger partial charge on any atom is -0.457 e. The van der Waals surface area contributed by atoms with Gasteiger partial charge in [-0.25, -0.2) is 8.78 Å². The number of benzene rings is 13. The molecule has 2 unspecified atom stereocenters. The molecular formula is C84H55F2NO3. The molecule has 0 saturated heterocycles. The van der Waals surface area contributed by atoms with E-state index >= 15 is 8.78 Å². The summed E-state index contributed by atoms with van der Waals surface area (Å²) in [6.45, 7) is 7.83. The average Bonchev–Trinajstić information content (AvgIpc) is 1.56. The number of para-hydroxylation sites is 1. The zero-order valence-corrected chi connectivity index (χ0v) is 48.8. The maximum atomic E-state index is 15.3. The fourth-order valence-corrected chi connectivity index (χ4v) is 14.1. The summed E-state index contributed by atoms with van der Waals surface area (Å²) in [7, 11) is 0. The molecule has 90 heavy (non-hydrogen) atoms. The molecule has 6 heteroatoms. The third-order valence-electron chi connectivity index (χ3n) is 18.2. The standard InChI is InChI=1S/C84H55F2NO3/c1-3-54-17-40-67(41-18-54)88-69-44-28-60(29-45-69)83(58-24-32-62(85)33-25-58)77-14-8-5-11-71(77)73-49-38-65(52-79(73)83)87(64-36-21-56(22-37-64)57-23-48-76-75-13-7-10-16-81(75)90-82(76)51-57)66-39-50-74-72-12-6-9-15-78(72)84(80(74)53-66,59-26-34-63(86)35-27-59)61-30-46-70(47-31-61)89-68-42-19-55(4-2)20-43-68/h3-53H,1-2H2. The van der Waals surface area contributed by atoms with Crippen LogP contribution in [0.25, 0.3) is 67.5 Å².